The van der Waals surface area contributed by atoms with Gasteiger partial charge in [0.15, 0.2) is 8.32 Å². The first-order valence-electron chi connectivity index (χ1n) is 15.3. The molecule has 248 valence electrons. The van der Waals surface area contributed by atoms with E-state index in [4.69, 9.17) is 19.0 Å². The summed E-state index contributed by atoms with van der Waals surface area (Å²) in [6.07, 6.45) is -0.432. The van der Waals surface area contributed by atoms with Crippen molar-refractivity contribution in [1.82, 2.24) is 19.7 Å². The Labute approximate surface area is 273 Å². The fraction of sp³-hybridized carbons (Fsp3) is 0.485. The van der Waals surface area contributed by atoms with Crippen molar-refractivity contribution in [2.75, 3.05) is 19.8 Å². The quantitative estimate of drug-likeness (QED) is 0.155. The Balaban J connectivity index is 1.57. The summed E-state index contributed by atoms with van der Waals surface area (Å²) in [4.78, 5) is 19.1. The summed E-state index contributed by atoms with van der Waals surface area (Å²) in [6, 6.07) is 5.06. The molecule has 1 N–H and O–H groups in total. The molecule has 0 unspecified atom stereocenters. The van der Waals surface area contributed by atoms with Crippen LogP contribution in [0.5, 0.6) is 11.6 Å². The first-order valence-corrected chi connectivity index (χ1v) is 19.1. The van der Waals surface area contributed by atoms with Crippen LogP contribution in [0.4, 0.5) is 13.6 Å². The van der Waals surface area contributed by atoms with E-state index in [-0.39, 0.29) is 47.2 Å². The van der Waals surface area contributed by atoms with Gasteiger partial charge in [-0.2, -0.15) is 5.10 Å². The van der Waals surface area contributed by atoms with Crippen molar-refractivity contribution in [1.29, 1.82) is 0 Å². The number of rotatable bonds is 7. The van der Waals surface area contributed by atoms with Gasteiger partial charge in [0.2, 0.25) is 5.88 Å². The van der Waals surface area contributed by atoms with Crippen LogP contribution >= 0.6 is 11.3 Å². The number of pyridine rings is 1. The minimum atomic E-state index is -2.07. The molecule has 5 rings (SSSR count). The van der Waals surface area contributed by atoms with E-state index in [1.54, 1.807) is 27.1 Å². The van der Waals surface area contributed by atoms with Gasteiger partial charge in [-0.05, 0) is 63.3 Å². The number of hydrogen-bond donors (Lipinski definition) is 1. The van der Waals surface area contributed by atoms with Gasteiger partial charge in [-0.15, -0.1) is 11.3 Å². The van der Waals surface area contributed by atoms with E-state index in [1.165, 1.54) is 11.3 Å². The molecule has 0 aliphatic carbocycles. The molecule has 0 saturated heterocycles. The molecular formula is C33H42F2N4O5SSi. The molecule has 9 nitrogen and oxygen atoms in total. The zero-order valence-corrected chi connectivity index (χ0v) is 29.6. The number of ether oxygens (including phenoxy) is 2. The molecule has 0 saturated carbocycles. The number of thiophene rings is 1. The minimum absolute atomic E-state index is 0.00628. The minimum Gasteiger partial charge on any atom is -0.493 e. The SMILES string of the molecule is C[C@H]1c2cc(-c3nc(O)c4ccsc4c3-c3c(F)cc(F)cc3OCCO[Si](C)(C)C(C)(C)C)nn2CCN1C(=O)OC(C)(C)C. The summed E-state index contributed by atoms with van der Waals surface area (Å²) < 4.78 is 50.8. The molecular weight excluding hydrogens is 631 g/mol. The zero-order valence-electron chi connectivity index (χ0n) is 27.8. The predicted octanol–water partition coefficient (Wildman–Crippen LogP) is 8.52. The normalized spacial score (nSPS) is 15.7. The van der Waals surface area contributed by atoms with Gasteiger partial charge in [0.25, 0.3) is 0 Å². The number of benzene rings is 1. The van der Waals surface area contributed by atoms with Gasteiger partial charge in [0.05, 0.1) is 35.8 Å². The van der Waals surface area contributed by atoms with E-state index in [1.807, 2.05) is 27.7 Å². The van der Waals surface area contributed by atoms with E-state index in [0.717, 1.165) is 17.8 Å². The number of hydrogen-bond acceptors (Lipinski definition) is 8. The fourth-order valence-electron chi connectivity index (χ4n) is 5.19. The molecule has 1 aliphatic heterocycles. The van der Waals surface area contributed by atoms with Crippen molar-refractivity contribution in [2.24, 2.45) is 0 Å². The summed E-state index contributed by atoms with van der Waals surface area (Å²) in [6.45, 7) is 19.1. The highest BCUT2D eigenvalue weighted by atomic mass is 32.1. The number of carbonyl (C=O) groups is 1. The highest BCUT2D eigenvalue weighted by Crippen LogP contribution is 2.47. The van der Waals surface area contributed by atoms with Gasteiger partial charge >= 0.3 is 6.09 Å². The van der Waals surface area contributed by atoms with Crippen molar-refractivity contribution in [3.05, 3.63) is 47.0 Å². The molecule has 4 heterocycles. The molecule has 46 heavy (non-hydrogen) atoms. The molecule has 1 amide bonds. The number of aromatic nitrogens is 3. The van der Waals surface area contributed by atoms with Gasteiger partial charge in [-0.1, -0.05) is 20.8 Å². The second kappa shape index (κ2) is 12.2. The third-order valence-corrected chi connectivity index (χ3v) is 14.1. The maximum atomic E-state index is 15.9. The van der Waals surface area contributed by atoms with Crippen molar-refractivity contribution in [3.63, 3.8) is 0 Å². The van der Waals surface area contributed by atoms with Crippen molar-refractivity contribution in [2.45, 2.75) is 84.8 Å². The molecule has 1 aliphatic rings. The molecule has 0 spiro atoms. The van der Waals surface area contributed by atoms with Crippen LogP contribution < -0.4 is 4.74 Å². The maximum Gasteiger partial charge on any atom is 0.410 e. The fourth-order valence-corrected chi connectivity index (χ4v) is 7.15. The second-order valence-electron chi connectivity index (χ2n) is 14.1. The van der Waals surface area contributed by atoms with Crippen LogP contribution in [0.25, 0.3) is 32.6 Å². The molecule has 13 heteroatoms. The van der Waals surface area contributed by atoms with Crippen molar-refractivity contribution < 1.29 is 32.6 Å². The lowest BCUT2D eigenvalue weighted by Gasteiger charge is -2.36. The molecule has 0 bridgehead atoms. The maximum absolute atomic E-state index is 15.9. The molecule has 3 aromatic heterocycles. The van der Waals surface area contributed by atoms with E-state index in [2.05, 4.69) is 38.8 Å². The summed E-state index contributed by atoms with van der Waals surface area (Å²) in [5.41, 5.74) is 0.986. The Bertz CT molecular complexity index is 1780. The number of carbonyl (C=O) groups excluding carboxylic acids is 1. The summed E-state index contributed by atoms with van der Waals surface area (Å²) in [5.74, 6) is -1.87. The Hall–Kier alpha value is -3.55. The average Bonchev–Trinajstić information content (AvgIpc) is 3.59. The van der Waals surface area contributed by atoms with Crippen LogP contribution in [0, 0.1) is 11.6 Å². The second-order valence-corrected chi connectivity index (χ2v) is 19.8. The molecule has 1 atom stereocenters. The first-order chi connectivity index (χ1) is 21.4. The molecule has 0 radical (unpaired) electrons. The predicted molar refractivity (Wildman–Crippen MR) is 178 cm³/mol. The van der Waals surface area contributed by atoms with E-state index in [0.29, 0.717) is 34.4 Å². The van der Waals surface area contributed by atoms with E-state index < -0.39 is 31.6 Å². The van der Waals surface area contributed by atoms with Gasteiger partial charge in [0, 0.05) is 28.9 Å². The van der Waals surface area contributed by atoms with Crippen LogP contribution in [0.15, 0.2) is 29.6 Å². The lowest BCUT2D eigenvalue weighted by molar-refractivity contribution is 0.0120. The van der Waals surface area contributed by atoms with Crippen LogP contribution in [-0.4, -0.2) is 64.5 Å². The summed E-state index contributed by atoms with van der Waals surface area (Å²) >= 11 is 1.29. The van der Waals surface area contributed by atoms with Crippen molar-refractivity contribution in [3.8, 4) is 34.1 Å². The van der Waals surface area contributed by atoms with Crippen LogP contribution in [0.3, 0.4) is 0 Å². The third kappa shape index (κ3) is 6.63. The van der Waals surface area contributed by atoms with Crippen LogP contribution in [0.2, 0.25) is 18.1 Å². The van der Waals surface area contributed by atoms with Crippen LogP contribution in [-0.2, 0) is 15.7 Å². The van der Waals surface area contributed by atoms with Gasteiger partial charge < -0.3 is 19.0 Å². The van der Waals surface area contributed by atoms with Gasteiger partial charge in [-0.25, -0.2) is 18.6 Å². The molecule has 0 fully saturated rings. The number of fused-ring (bicyclic) bond motifs is 2. The Morgan fingerprint density at radius 3 is 2.48 bits per heavy atom. The highest BCUT2D eigenvalue weighted by Gasteiger charge is 2.37. The summed E-state index contributed by atoms with van der Waals surface area (Å²) in [7, 11) is -2.07. The summed E-state index contributed by atoms with van der Waals surface area (Å²) in [5, 5.41) is 17.9. The third-order valence-electron chi connectivity index (χ3n) is 8.60. The topological polar surface area (TPSA) is 98.9 Å². The standard InChI is InChI=1S/C33H42F2N4O5SSi/c1-19-24-18-23(37-39(24)12-11-38(19)31(41)44-32(2,3)4)28-27(29-21(10-15-45-29)30(40)36-28)26-22(35)16-20(34)17-25(26)42-13-14-43-46(8,9)33(5,6)7/h10,15-19H,11-14H2,1-9H3,(H,36,40)/t19-/m0/s1. The molecule has 4 aromatic rings. The van der Waals surface area contributed by atoms with E-state index in [9.17, 15) is 14.3 Å². The monoisotopic (exact) mass is 672 g/mol. The van der Waals surface area contributed by atoms with Gasteiger partial charge in [-0.3, -0.25) is 9.58 Å². The molecule has 1 aromatic carbocycles. The highest BCUT2D eigenvalue weighted by molar-refractivity contribution is 7.17. The van der Waals surface area contributed by atoms with Crippen molar-refractivity contribution >= 4 is 35.8 Å². The number of aromatic hydroxyl groups is 1. The smallest absolute Gasteiger partial charge is 0.410 e. The Kier molecular flexibility index (Phi) is 8.99. The first kappa shape index (κ1) is 33.8. The largest absolute Gasteiger partial charge is 0.493 e. The lowest BCUT2D eigenvalue weighted by atomic mass is 9.98. The zero-order chi connectivity index (χ0) is 33.8. The number of nitrogens with zero attached hydrogens (tertiary/aromatic N) is 4. The lowest BCUT2D eigenvalue weighted by Crippen LogP contribution is -2.43. The van der Waals surface area contributed by atoms with E-state index >= 15 is 4.39 Å². The van der Waals surface area contributed by atoms with Crippen LogP contribution in [0.1, 0.15) is 60.2 Å². The Morgan fingerprint density at radius 2 is 1.80 bits per heavy atom. The average molecular weight is 673 g/mol. The number of halogens is 2. The Morgan fingerprint density at radius 1 is 1.09 bits per heavy atom. The number of amides is 1. The van der Waals surface area contributed by atoms with Gasteiger partial charge in [0.1, 0.15) is 41.0 Å².